The predicted molar refractivity (Wildman–Crippen MR) is 61.3 cm³/mol. The Morgan fingerprint density at radius 2 is 2.14 bits per heavy atom. The molecule has 0 radical (unpaired) electrons. The van der Waals surface area contributed by atoms with Crippen LogP contribution in [0.5, 0.6) is 0 Å². The molecule has 0 amide bonds. The van der Waals surface area contributed by atoms with E-state index in [-0.39, 0.29) is 0 Å². The van der Waals surface area contributed by atoms with E-state index in [1.54, 1.807) is 11.8 Å². The molecule has 0 aliphatic heterocycles. The van der Waals surface area contributed by atoms with E-state index in [0.717, 1.165) is 22.7 Å². The Balaban J connectivity index is 3.52. The lowest BCUT2D eigenvalue weighted by molar-refractivity contribution is -0.138. The number of carbonyl (C=O) groups is 1. The van der Waals surface area contributed by atoms with Crippen LogP contribution < -0.4 is 5.73 Å². The van der Waals surface area contributed by atoms with Crippen molar-refractivity contribution in [2.75, 3.05) is 5.75 Å². The van der Waals surface area contributed by atoms with Crippen LogP contribution in [0.2, 0.25) is 0 Å². The number of carboxylic acids is 1. The zero-order valence-corrected chi connectivity index (χ0v) is 9.27. The molecule has 0 aromatic heterocycles. The normalized spacial score (nSPS) is 12.1. The first-order chi connectivity index (χ1) is 6.45. The van der Waals surface area contributed by atoms with Gasteiger partial charge in [-0.15, -0.1) is 11.8 Å². The molecule has 14 heavy (non-hydrogen) atoms. The number of hydrogen-bond donors (Lipinski definition) is 2. The highest BCUT2D eigenvalue weighted by Gasteiger charge is 2.10. The van der Waals surface area contributed by atoms with Crippen molar-refractivity contribution in [3.05, 3.63) is 23.6 Å². The molecule has 0 fully saturated rings. The van der Waals surface area contributed by atoms with Crippen LogP contribution in [0.3, 0.4) is 0 Å². The molecule has 1 unspecified atom stereocenters. The molecular formula is C10H17NO2S. The zero-order valence-electron chi connectivity index (χ0n) is 8.45. The van der Waals surface area contributed by atoms with Crippen LogP contribution in [-0.4, -0.2) is 22.9 Å². The van der Waals surface area contributed by atoms with Crippen molar-refractivity contribution < 1.29 is 9.90 Å². The predicted octanol–water partition coefficient (Wildman–Crippen LogP) is 2.00. The number of nitrogens with two attached hydrogens (primary N) is 1. The lowest BCUT2D eigenvalue weighted by Crippen LogP contribution is -2.29. The molecule has 0 spiro atoms. The zero-order chi connectivity index (χ0) is 11.1. The Morgan fingerprint density at radius 1 is 1.57 bits per heavy atom. The summed E-state index contributed by atoms with van der Waals surface area (Å²) in [5, 5.41) is 8.52. The Morgan fingerprint density at radius 3 is 2.57 bits per heavy atom. The fraction of sp³-hybridized carbons (Fsp3) is 0.500. The maximum Gasteiger partial charge on any atom is 0.320 e. The number of rotatable bonds is 7. The standard InChI is InChI=1S/C10H17NO2S/c1-7(2)8(3)14-6-4-5-9(11)10(12)13/h9H,1,3-6,11H2,2H3,(H,12,13). The minimum Gasteiger partial charge on any atom is -0.480 e. The lowest BCUT2D eigenvalue weighted by Gasteiger charge is -2.06. The lowest BCUT2D eigenvalue weighted by atomic mass is 10.2. The molecule has 0 saturated heterocycles. The maximum atomic E-state index is 10.4. The summed E-state index contributed by atoms with van der Waals surface area (Å²) in [5.41, 5.74) is 6.30. The smallest absolute Gasteiger partial charge is 0.320 e. The molecule has 0 rings (SSSR count). The molecule has 0 aliphatic rings. The fourth-order valence-corrected chi connectivity index (χ4v) is 1.55. The fourth-order valence-electron chi connectivity index (χ4n) is 0.745. The Kier molecular flexibility index (Phi) is 6.32. The molecule has 0 aliphatic carbocycles. The van der Waals surface area contributed by atoms with E-state index in [9.17, 15) is 4.79 Å². The second-order valence-corrected chi connectivity index (χ2v) is 4.33. The van der Waals surface area contributed by atoms with Gasteiger partial charge in [-0.1, -0.05) is 13.2 Å². The van der Waals surface area contributed by atoms with E-state index in [1.807, 2.05) is 6.92 Å². The molecular weight excluding hydrogens is 198 g/mol. The number of thioether (sulfide) groups is 1. The molecule has 1 atom stereocenters. The first-order valence-electron chi connectivity index (χ1n) is 4.41. The van der Waals surface area contributed by atoms with Crippen molar-refractivity contribution in [1.29, 1.82) is 0 Å². The van der Waals surface area contributed by atoms with Crippen molar-refractivity contribution in [3.63, 3.8) is 0 Å². The topological polar surface area (TPSA) is 63.3 Å². The summed E-state index contributed by atoms with van der Waals surface area (Å²) >= 11 is 1.60. The summed E-state index contributed by atoms with van der Waals surface area (Å²) < 4.78 is 0. The average molecular weight is 215 g/mol. The SMILES string of the molecule is C=C(C)C(=C)SCCCC(N)C(=O)O. The van der Waals surface area contributed by atoms with E-state index in [1.165, 1.54) is 0 Å². The molecule has 0 aromatic carbocycles. The number of carboxylic acid groups (broad SMARTS) is 1. The third-order valence-electron chi connectivity index (χ3n) is 1.73. The van der Waals surface area contributed by atoms with Gasteiger partial charge >= 0.3 is 5.97 Å². The van der Waals surface area contributed by atoms with Crippen LogP contribution in [0, 0.1) is 0 Å². The summed E-state index contributed by atoms with van der Waals surface area (Å²) in [6.45, 7) is 9.48. The van der Waals surface area contributed by atoms with E-state index in [2.05, 4.69) is 13.2 Å². The number of hydrogen-bond acceptors (Lipinski definition) is 3. The third-order valence-corrected chi connectivity index (χ3v) is 2.92. The van der Waals surface area contributed by atoms with E-state index >= 15 is 0 Å². The van der Waals surface area contributed by atoms with Gasteiger partial charge in [-0.25, -0.2) is 0 Å². The van der Waals surface area contributed by atoms with Gasteiger partial charge < -0.3 is 10.8 Å². The van der Waals surface area contributed by atoms with Crippen LogP contribution in [-0.2, 0) is 4.79 Å². The second-order valence-electron chi connectivity index (χ2n) is 3.14. The van der Waals surface area contributed by atoms with Crippen LogP contribution in [0.1, 0.15) is 19.8 Å². The largest absolute Gasteiger partial charge is 0.480 e. The quantitative estimate of drug-likeness (QED) is 0.503. The summed E-state index contributed by atoms with van der Waals surface area (Å²) in [7, 11) is 0. The van der Waals surface area contributed by atoms with Crippen molar-refractivity contribution >= 4 is 17.7 Å². The van der Waals surface area contributed by atoms with Gasteiger partial charge in [0.15, 0.2) is 0 Å². The monoisotopic (exact) mass is 215 g/mol. The van der Waals surface area contributed by atoms with Crippen LogP contribution in [0.25, 0.3) is 0 Å². The van der Waals surface area contributed by atoms with Gasteiger partial charge in [0.05, 0.1) is 0 Å². The summed E-state index contributed by atoms with van der Waals surface area (Å²) in [4.78, 5) is 11.3. The highest BCUT2D eigenvalue weighted by atomic mass is 32.2. The first-order valence-corrected chi connectivity index (χ1v) is 5.39. The molecule has 0 bridgehead atoms. The second kappa shape index (κ2) is 6.68. The van der Waals surface area contributed by atoms with E-state index in [0.29, 0.717) is 6.42 Å². The minimum absolute atomic E-state index is 0.506. The van der Waals surface area contributed by atoms with Gasteiger partial charge in [-0.3, -0.25) is 4.79 Å². The van der Waals surface area contributed by atoms with Crippen LogP contribution in [0.15, 0.2) is 23.6 Å². The Labute approximate surface area is 89.1 Å². The molecule has 0 saturated carbocycles. The first kappa shape index (κ1) is 13.3. The van der Waals surface area contributed by atoms with Gasteiger partial charge in [0.2, 0.25) is 0 Å². The summed E-state index contributed by atoms with van der Waals surface area (Å²) in [6, 6.07) is -0.742. The molecule has 0 heterocycles. The number of aliphatic carboxylic acids is 1. The number of allylic oxidation sites excluding steroid dienone is 1. The van der Waals surface area contributed by atoms with Gasteiger partial charge in [-0.2, -0.15) is 0 Å². The maximum absolute atomic E-state index is 10.4. The van der Waals surface area contributed by atoms with Gasteiger partial charge in [0.1, 0.15) is 6.04 Å². The van der Waals surface area contributed by atoms with Crippen LogP contribution >= 0.6 is 11.8 Å². The molecule has 3 N–H and O–H groups in total. The van der Waals surface area contributed by atoms with Crippen molar-refractivity contribution in [2.24, 2.45) is 5.73 Å². The van der Waals surface area contributed by atoms with Gasteiger partial charge in [0, 0.05) is 4.91 Å². The highest BCUT2D eigenvalue weighted by molar-refractivity contribution is 8.03. The Bertz CT molecular complexity index is 238. The van der Waals surface area contributed by atoms with Gasteiger partial charge in [0.25, 0.3) is 0 Å². The molecule has 3 nitrogen and oxygen atoms in total. The van der Waals surface area contributed by atoms with E-state index < -0.39 is 12.0 Å². The molecule has 80 valence electrons. The van der Waals surface area contributed by atoms with Crippen LogP contribution in [0.4, 0.5) is 0 Å². The van der Waals surface area contributed by atoms with Gasteiger partial charge in [-0.05, 0) is 31.1 Å². The summed E-state index contributed by atoms with van der Waals surface area (Å²) in [6.07, 6.45) is 1.29. The van der Waals surface area contributed by atoms with Crippen molar-refractivity contribution in [1.82, 2.24) is 0 Å². The Hall–Kier alpha value is -0.740. The van der Waals surface area contributed by atoms with Crippen molar-refractivity contribution in [2.45, 2.75) is 25.8 Å². The molecule has 0 aromatic rings. The summed E-state index contributed by atoms with van der Waals surface area (Å²) in [5.74, 6) is -0.0964. The third kappa shape index (κ3) is 5.83. The minimum atomic E-state index is -0.936. The van der Waals surface area contributed by atoms with Crippen molar-refractivity contribution in [3.8, 4) is 0 Å². The molecule has 4 heteroatoms. The average Bonchev–Trinajstić information content (AvgIpc) is 2.11. The highest BCUT2D eigenvalue weighted by Crippen LogP contribution is 2.21. The van der Waals surface area contributed by atoms with E-state index in [4.69, 9.17) is 10.8 Å².